The van der Waals surface area contributed by atoms with Crippen molar-refractivity contribution in [3.05, 3.63) is 35.4 Å². The van der Waals surface area contributed by atoms with Gasteiger partial charge in [-0.15, -0.1) is 0 Å². The highest BCUT2D eigenvalue weighted by molar-refractivity contribution is 5.79. The number of aliphatic hydroxyl groups excluding tert-OH is 1. The molecule has 1 aliphatic rings. The van der Waals surface area contributed by atoms with Gasteiger partial charge in [0.15, 0.2) is 0 Å². The van der Waals surface area contributed by atoms with Crippen LogP contribution < -0.4 is 10.6 Å². The fourth-order valence-electron chi connectivity index (χ4n) is 2.43. The molecule has 116 valence electrons. The Morgan fingerprint density at radius 1 is 1.29 bits per heavy atom. The second-order valence-corrected chi connectivity index (χ2v) is 5.40. The molecule has 1 fully saturated rings. The number of hydrogen-bond donors (Lipinski definition) is 3. The van der Waals surface area contributed by atoms with Crippen LogP contribution in [0.25, 0.3) is 0 Å². The van der Waals surface area contributed by atoms with Crippen LogP contribution in [0.1, 0.15) is 24.5 Å². The third-order valence-electron chi connectivity index (χ3n) is 3.75. The summed E-state index contributed by atoms with van der Waals surface area (Å²) in [6, 6.07) is 7.69. The third-order valence-corrected chi connectivity index (χ3v) is 3.75. The number of nitrogens with one attached hydrogen (secondary N) is 2. The molecule has 5 nitrogen and oxygen atoms in total. The summed E-state index contributed by atoms with van der Waals surface area (Å²) < 4.78 is 5.42. The molecule has 2 atom stereocenters. The van der Waals surface area contributed by atoms with Crippen LogP contribution in [0.4, 0.5) is 0 Å². The van der Waals surface area contributed by atoms with Gasteiger partial charge in [0.05, 0.1) is 25.7 Å². The monoisotopic (exact) mass is 292 g/mol. The second kappa shape index (κ2) is 8.12. The maximum absolute atomic E-state index is 12.2. The number of benzene rings is 1. The van der Waals surface area contributed by atoms with Crippen LogP contribution >= 0.6 is 0 Å². The van der Waals surface area contributed by atoms with Gasteiger partial charge in [-0.2, -0.15) is 0 Å². The predicted octanol–water partition coefficient (Wildman–Crippen LogP) is 0.810. The van der Waals surface area contributed by atoms with Crippen LogP contribution in [0, 0.1) is 5.92 Å². The molecule has 1 aromatic carbocycles. The first-order valence-electron chi connectivity index (χ1n) is 7.52. The average Bonchev–Trinajstić information content (AvgIpc) is 2.99. The Balaban J connectivity index is 1.82. The second-order valence-electron chi connectivity index (χ2n) is 5.40. The van der Waals surface area contributed by atoms with Gasteiger partial charge in [0.25, 0.3) is 0 Å². The van der Waals surface area contributed by atoms with E-state index >= 15 is 0 Å². The maximum atomic E-state index is 12.2. The first-order chi connectivity index (χ1) is 10.2. The van der Waals surface area contributed by atoms with Gasteiger partial charge >= 0.3 is 0 Å². The van der Waals surface area contributed by atoms with Gasteiger partial charge in [0, 0.05) is 12.6 Å². The molecule has 5 heteroatoms. The van der Waals surface area contributed by atoms with E-state index in [-0.39, 0.29) is 24.5 Å². The minimum atomic E-state index is -0.117. The van der Waals surface area contributed by atoms with Gasteiger partial charge < -0.3 is 20.5 Å². The summed E-state index contributed by atoms with van der Waals surface area (Å²) in [6.45, 7) is 4.63. The van der Waals surface area contributed by atoms with Crippen molar-refractivity contribution in [2.45, 2.75) is 32.5 Å². The van der Waals surface area contributed by atoms with E-state index in [4.69, 9.17) is 9.84 Å². The molecule has 0 aliphatic carbocycles. The van der Waals surface area contributed by atoms with E-state index in [2.05, 4.69) is 17.6 Å². The summed E-state index contributed by atoms with van der Waals surface area (Å²) in [4.78, 5) is 12.2. The van der Waals surface area contributed by atoms with E-state index in [1.165, 1.54) is 0 Å². The Hall–Kier alpha value is -1.43. The summed E-state index contributed by atoms with van der Waals surface area (Å²) in [6.07, 6.45) is 1.04. The van der Waals surface area contributed by atoms with Gasteiger partial charge in [-0.05, 0) is 24.1 Å². The van der Waals surface area contributed by atoms with Gasteiger partial charge in [-0.1, -0.05) is 31.2 Å². The molecule has 1 aromatic rings. The van der Waals surface area contributed by atoms with Crippen molar-refractivity contribution in [3.8, 4) is 0 Å². The van der Waals surface area contributed by atoms with E-state index in [9.17, 15) is 4.79 Å². The Morgan fingerprint density at radius 3 is 2.67 bits per heavy atom. The lowest BCUT2D eigenvalue weighted by Gasteiger charge is -2.18. The standard InChI is InChI=1S/C16H24N2O3/c1-2-7-17-15-11-21-10-14(15)16(20)18-8-12-3-5-13(9-19)6-4-12/h3-6,14-15,17,19H,2,7-11H2,1H3,(H,18,20). The molecule has 0 radical (unpaired) electrons. The summed E-state index contributed by atoms with van der Waals surface area (Å²) in [5.41, 5.74) is 1.90. The van der Waals surface area contributed by atoms with Crippen molar-refractivity contribution in [1.29, 1.82) is 0 Å². The quantitative estimate of drug-likeness (QED) is 0.695. The lowest BCUT2D eigenvalue weighted by Crippen LogP contribution is -2.44. The molecule has 1 aliphatic heterocycles. The van der Waals surface area contributed by atoms with Gasteiger partial charge in [0.1, 0.15) is 0 Å². The van der Waals surface area contributed by atoms with Crippen molar-refractivity contribution in [1.82, 2.24) is 10.6 Å². The molecule has 1 amide bonds. The van der Waals surface area contributed by atoms with E-state index in [0.29, 0.717) is 19.8 Å². The molecule has 0 bridgehead atoms. The van der Waals surface area contributed by atoms with Crippen molar-refractivity contribution in [3.63, 3.8) is 0 Å². The lowest BCUT2D eigenvalue weighted by atomic mass is 10.0. The van der Waals surface area contributed by atoms with Crippen LogP contribution in [0.3, 0.4) is 0 Å². The Labute approximate surface area is 125 Å². The highest BCUT2D eigenvalue weighted by atomic mass is 16.5. The highest BCUT2D eigenvalue weighted by Gasteiger charge is 2.33. The van der Waals surface area contributed by atoms with Crippen LogP contribution in [-0.4, -0.2) is 36.8 Å². The summed E-state index contributed by atoms with van der Waals surface area (Å²) in [7, 11) is 0. The normalized spacial score (nSPS) is 21.4. The minimum Gasteiger partial charge on any atom is -0.392 e. The summed E-state index contributed by atoms with van der Waals surface area (Å²) in [5.74, 6) is -0.0828. The molecule has 3 N–H and O–H groups in total. The number of amides is 1. The molecule has 0 spiro atoms. The number of ether oxygens (including phenoxy) is 1. The zero-order chi connectivity index (χ0) is 15.1. The van der Waals surface area contributed by atoms with E-state index < -0.39 is 0 Å². The molecular formula is C16H24N2O3. The Bertz CT molecular complexity index is 447. The molecule has 0 saturated carbocycles. The largest absolute Gasteiger partial charge is 0.392 e. The SMILES string of the molecule is CCCNC1COCC1C(=O)NCc1ccc(CO)cc1. The van der Waals surface area contributed by atoms with E-state index in [0.717, 1.165) is 24.1 Å². The average molecular weight is 292 g/mol. The smallest absolute Gasteiger partial charge is 0.227 e. The van der Waals surface area contributed by atoms with Crippen LogP contribution in [0.2, 0.25) is 0 Å². The highest BCUT2D eigenvalue weighted by Crippen LogP contribution is 2.14. The zero-order valence-corrected chi connectivity index (χ0v) is 12.5. The maximum Gasteiger partial charge on any atom is 0.227 e. The molecule has 2 unspecified atom stereocenters. The van der Waals surface area contributed by atoms with Gasteiger partial charge in [-0.25, -0.2) is 0 Å². The number of rotatable bonds is 7. The molecule has 21 heavy (non-hydrogen) atoms. The fraction of sp³-hybridized carbons (Fsp3) is 0.562. The van der Waals surface area contributed by atoms with Crippen LogP contribution in [0.15, 0.2) is 24.3 Å². The Kier molecular flexibility index (Phi) is 6.17. The topological polar surface area (TPSA) is 70.6 Å². The molecular weight excluding hydrogens is 268 g/mol. The van der Waals surface area contributed by atoms with Gasteiger partial charge in [0.2, 0.25) is 5.91 Å². The molecule has 1 saturated heterocycles. The predicted molar refractivity (Wildman–Crippen MR) is 80.6 cm³/mol. The van der Waals surface area contributed by atoms with Gasteiger partial charge in [-0.3, -0.25) is 4.79 Å². The molecule has 1 heterocycles. The summed E-state index contributed by atoms with van der Waals surface area (Å²) >= 11 is 0. The number of aliphatic hydroxyl groups is 1. The van der Waals surface area contributed by atoms with Crippen molar-refractivity contribution in [2.75, 3.05) is 19.8 Å². The van der Waals surface area contributed by atoms with Crippen LogP contribution in [-0.2, 0) is 22.7 Å². The first kappa shape index (κ1) is 15.9. The molecule has 0 aromatic heterocycles. The summed E-state index contributed by atoms with van der Waals surface area (Å²) in [5, 5.41) is 15.3. The Morgan fingerprint density at radius 2 is 2.00 bits per heavy atom. The minimum absolute atomic E-state index is 0.0346. The first-order valence-corrected chi connectivity index (χ1v) is 7.52. The van der Waals surface area contributed by atoms with Crippen molar-refractivity contribution >= 4 is 5.91 Å². The number of carbonyl (C=O) groups is 1. The van der Waals surface area contributed by atoms with Crippen molar-refractivity contribution < 1.29 is 14.6 Å². The van der Waals surface area contributed by atoms with Crippen LogP contribution in [0.5, 0.6) is 0 Å². The third kappa shape index (κ3) is 4.52. The zero-order valence-electron chi connectivity index (χ0n) is 12.5. The number of hydrogen-bond acceptors (Lipinski definition) is 4. The van der Waals surface area contributed by atoms with E-state index in [1.807, 2.05) is 24.3 Å². The van der Waals surface area contributed by atoms with Crippen molar-refractivity contribution in [2.24, 2.45) is 5.92 Å². The van der Waals surface area contributed by atoms with E-state index in [1.54, 1.807) is 0 Å². The molecule has 2 rings (SSSR count). The lowest BCUT2D eigenvalue weighted by molar-refractivity contribution is -0.125. The number of carbonyl (C=O) groups excluding carboxylic acids is 1. The fourth-order valence-corrected chi connectivity index (χ4v) is 2.43.